The van der Waals surface area contributed by atoms with Crippen LogP contribution in [0.5, 0.6) is 0 Å². The fourth-order valence-electron chi connectivity index (χ4n) is 3.04. The molecule has 1 N–H and O–H groups in total. The van der Waals surface area contributed by atoms with Crippen LogP contribution in [-0.4, -0.2) is 36.3 Å². The van der Waals surface area contributed by atoms with Crippen molar-refractivity contribution in [2.75, 3.05) is 19.6 Å². The van der Waals surface area contributed by atoms with Gasteiger partial charge in [0, 0.05) is 18.7 Å². The lowest BCUT2D eigenvalue weighted by Crippen LogP contribution is -2.53. The lowest BCUT2D eigenvalue weighted by atomic mass is 9.92. The molecule has 124 valence electrons. The summed E-state index contributed by atoms with van der Waals surface area (Å²) in [5.41, 5.74) is 2.84. The average Bonchev–Trinajstić information content (AvgIpc) is 2.56. The van der Waals surface area contributed by atoms with Crippen LogP contribution in [0, 0.1) is 12.8 Å². The summed E-state index contributed by atoms with van der Waals surface area (Å²) in [7, 11) is 0. The van der Waals surface area contributed by atoms with Gasteiger partial charge in [-0.2, -0.15) is 0 Å². The lowest BCUT2D eigenvalue weighted by molar-refractivity contribution is -0.136. The summed E-state index contributed by atoms with van der Waals surface area (Å²) < 4.78 is 0. The molecule has 0 aliphatic carbocycles. The first-order chi connectivity index (χ1) is 11.6. The second-order valence-electron chi connectivity index (χ2n) is 6.35. The van der Waals surface area contributed by atoms with Gasteiger partial charge in [-0.15, -0.1) is 0 Å². The summed E-state index contributed by atoms with van der Waals surface area (Å²) in [6.45, 7) is 3.49. The zero-order valence-corrected chi connectivity index (χ0v) is 13.9. The van der Waals surface area contributed by atoms with Gasteiger partial charge in [0.1, 0.15) is 0 Å². The van der Waals surface area contributed by atoms with E-state index in [9.17, 15) is 9.59 Å². The molecule has 1 heterocycles. The molecule has 0 bridgehead atoms. The van der Waals surface area contributed by atoms with Gasteiger partial charge in [-0.05, 0) is 36.5 Å². The Hall–Kier alpha value is -2.62. The molecule has 1 fully saturated rings. The van der Waals surface area contributed by atoms with Gasteiger partial charge < -0.3 is 10.2 Å². The highest BCUT2D eigenvalue weighted by molar-refractivity contribution is 5.97. The summed E-state index contributed by atoms with van der Waals surface area (Å²) >= 11 is 0. The molecule has 1 aliphatic heterocycles. The second-order valence-corrected chi connectivity index (χ2v) is 6.35. The monoisotopic (exact) mass is 322 g/mol. The third-order valence-corrected chi connectivity index (χ3v) is 4.47. The van der Waals surface area contributed by atoms with Crippen LogP contribution < -0.4 is 5.32 Å². The van der Waals surface area contributed by atoms with Gasteiger partial charge in [0.25, 0.3) is 5.91 Å². The Kier molecular flexibility index (Phi) is 4.94. The van der Waals surface area contributed by atoms with Crippen LogP contribution >= 0.6 is 0 Å². The first kappa shape index (κ1) is 16.2. The Morgan fingerprint density at radius 1 is 1.04 bits per heavy atom. The van der Waals surface area contributed by atoms with E-state index in [2.05, 4.69) is 17.4 Å². The van der Waals surface area contributed by atoms with E-state index in [1.54, 1.807) is 6.07 Å². The van der Waals surface area contributed by atoms with Crippen molar-refractivity contribution in [3.05, 3.63) is 71.3 Å². The van der Waals surface area contributed by atoms with Gasteiger partial charge in [-0.3, -0.25) is 9.59 Å². The van der Waals surface area contributed by atoms with Crippen molar-refractivity contribution in [3.63, 3.8) is 0 Å². The number of benzene rings is 2. The first-order valence-corrected chi connectivity index (χ1v) is 8.29. The molecule has 2 amide bonds. The highest BCUT2D eigenvalue weighted by Gasteiger charge is 2.30. The number of likely N-dealkylation sites (tertiary alicyclic amines) is 1. The fraction of sp³-hybridized carbons (Fsp3) is 0.300. The Morgan fingerprint density at radius 3 is 2.42 bits per heavy atom. The molecule has 0 atom stereocenters. The molecule has 24 heavy (non-hydrogen) atoms. The molecule has 0 unspecified atom stereocenters. The minimum atomic E-state index is -0.192. The minimum absolute atomic E-state index is 0.0127. The standard InChI is InChI=1S/C20H22N2O2/c1-15-7-5-6-10-18(15)20(24)21-12-19(23)22-13-17(14-22)11-16-8-3-2-4-9-16/h2-10,17H,11-14H2,1H3,(H,21,24). The predicted molar refractivity (Wildman–Crippen MR) is 93.7 cm³/mol. The molecular weight excluding hydrogens is 300 g/mol. The van der Waals surface area contributed by atoms with E-state index in [1.165, 1.54) is 5.56 Å². The molecule has 2 aromatic rings. The van der Waals surface area contributed by atoms with Crippen molar-refractivity contribution in [3.8, 4) is 0 Å². The highest BCUT2D eigenvalue weighted by atomic mass is 16.2. The maximum atomic E-state index is 12.2. The van der Waals surface area contributed by atoms with Crippen LogP contribution in [0.3, 0.4) is 0 Å². The van der Waals surface area contributed by atoms with Crippen molar-refractivity contribution in [2.45, 2.75) is 13.3 Å². The molecule has 0 radical (unpaired) electrons. The fourth-order valence-corrected chi connectivity index (χ4v) is 3.04. The largest absolute Gasteiger partial charge is 0.343 e. The van der Waals surface area contributed by atoms with Crippen LogP contribution in [-0.2, 0) is 11.2 Å². The van der Waals surface area contributed by atoms with Gasteiger partial charge in [0.15, 0.2) is 0 Å². The molecule has 4 nitrogen and oxygen atoms in total. The molecule has 1 saturated heterocycles. The number of carbonyl (C=O) groups is 2. The van der Waals surface area contributed by atoms with Crippen LogP contribution in [0.2, 0.25) is 0 Å². The molecule has 1 aliphatic rings. The smallest absolute Gasteiger partial charge is 0.251 e. The summed E-state index contributed by atoms with van der Waals surface area (Å²) in [6, 6.07) is 17.7. The van der Waals surface area contributed by atoms with Gasteiger partial charge in [-0.25, -0.2) is 0 Å². The zero-order valence-electron chi connectivity index (χ0n) is 13.9. The Bertz CT molecular complexity index is 721. The molecule has 3 rings (SSSR count). The second kappa shape index (κ2) is 7.30. The summed E-state index contributed by atoms with van der Waals surface area (Å²) in [4.78, 5) is 26.1. The third kappa shape index (κ3) is 3.82. The summed E-state index contributed by atoms with van der Waals surface area (Å²) in [5, 5.41) is 2.72. The molecule has 0 aromatic heterocycles. The van der Waals surface area contributed by atoms with Crippen LogP contribution in [0.25, 0.3) is 0 Å². The normalized spacial score (nSPS) is 14.1. The van der Waals surface area contributed by atoms with Crippen molar-refractivity contribution in [2.24, 2.45) is 5.92 Å². The molecule has 0 saturated carbocycles. The minimum Gasteiger partial charge on any atom is -0.343 e. The van der Waals surface area contributed by atoms with Gasteiger partial charge in [-0.1, -0.05) is 48.5 Å². The number of nitrogens with zero attached hydrogens (tertiary/aromatic N) is 1. The number of carbonyl (C=O) groups excluding carboxylic acids is 2. The number of nitrogens with one attached hydrogen (secondary N) is 1. The summed E-state index contributed by atoms with van der Waals surface area (Å²) in [5.74, 6) is 0.312. The quantitative estimate of drug-likeness (QED) is 0.919. The SMILES string of the molecule is Cc1ccccc1C(=O)NCC(=O)N1CC(Cc2ccccc2)C1. The van der Waals surface area contributed by atoms with E-state index in [-0.39, 0.29) is 18.4 Å². The van der Waals surface area contributed by atoms with E-state index in [0.717, 1.165) is 25.1 Å². The third-order valence-electron chi connectivity index (χ3n) is 4.47. The van der Waals surface area contributed by atoms with Crippen molar-refractivity contribution in [1.29, 1.82) is 0 Å². The summed E-state index contributed by atoms with van der Waals surface area (Å²) in [6.07, 6.45) is 1.00. The predicted octanol–water partition coefficient (Wildman–Crippen LogP) is 2.43. The maximum Gasteiger partial charge on any atom is 0.251 e. The van der Waals surface area contributed by atoms with E-state index in [1.807, 2.05) is 48.2 Å². The number of aryl methyl sites for hydroxylation is 1. The van der Waals surface area contributed by atoms with Crippen molar-refractivity contribution in [1.82, 2.24) is 10.2 Å². The Labute approximate surface area is 142 Å². The van der Waals surface area contributed by atoms with E-state index < -0.39 is 0 Å². The zero-order chi connectivity index (χ0) is 16.9. The van der Waals surface area contributed by atoms with Crippen molar-refractivity contribution >= 4 is 11.8 Å². The van der Waals surface area contributed by atoms with Crippen molar-refractivity contribution < 1.29 is 9.59 Å². The number of hydrogen-bond acceptors (Lipinski definition) is 2. The lowest BCUT2D eigenvalue weighted by Gasteiger charge is -2.39. The van der Waals surface area contributed by atoms with E-state index in [0.29, 0.717) is 11.5 Å². The van der Waals surface area contributed by atoms with Crippen LogP contribution in [0.15, 0.2) is 54.6 Å². The molecule has 4 heteroatoms. The maximum absolute atomic E-state index is 12.2. The first-order valence-electron chi connectivity index (χ1n) is 8.29. The Morgan fingerprint density at radius 2 is 1.71 bits per heavy atom. The molecule has 2 aromatic carbocycles. The van der Waals surface area contributed by atoms with Gasteiger partial charge in [0.05, 0.1) is 6.54 Å². The number of rotatable bonds is 5. The number of amides is 2. The van der Waals surface area contributed by atoms with Gasteiger partial charge >= 0.3 is 0 Å². The molecule has 0 spiro atoms. The highest BCUT2D eigenvalue weighted by Crippen LogP contribution is 2.20. The van der Waals surface area contributed by atoms with Crippen LogP contribution in [0.1, 0.15) is 21.5 Å². The molecular formula is C20H22N2O2. The van der Waals surface area contributed by atoms with Gasteiger partial charge in [0.2, 0.25) is 5.91 Å². The Balaban J connectivity index is 1.42. The topological polar surface area (TPSA) is 49.4 Å². The average molecular weight is 322 g/mol. The van der Waals surface area contributed by atoms with E-state index in [4.69, 9.17) is 0 Å². The van der Waals surface area contributed by atoms with Crippen LogP contribution in [0.4, 0.5) is 0 Å². The van der Waals surface area contributed by atoms with E-state index >= 15 is 0 Å². The number of hydrogen-bond donors (Lipinski definition) is 1.